The van der Waals surface area contributed by atoms with Gasteiger partial charge in [-0.1, -0.05) is 0 Å². The maximum Gasteiger partial charge on any atom is 0.337 e. The third-order valence-corrected chi connectivity index (χ3v) is 2.52. The molecular weight excluding hydrogens is 206 g/mol. The van der Waals surface area contributed by atoms with Crippen molar-refractivity contribution in [2.24, 2.45) is 0 Å². The van der Waals surface area contributed by atoms with Crippen LogP contribution in [0.15, 0.2) is 18.5 Å². The molecule has 1 aromatic rings. The molecule has 1 aromatic heterocycles. The fourth-order valence-electron chi connectivity index (χ4n) is 1.16. The molecule has 2 N–H and O–H groups in total. The molecule has 0 aliphatic heterocycles. The summed E-state index contributed by atoms with van der Waals surface area (Å²) in [6.07, 6.45) is 3.01. The molecule has 0 spiro atoms. The highest BCUT2D eigenvalue weighted by molar-refractivity contribution is 5.93. The van der Waals surface area contributed by atoms with E-state index in [-0.39, 0.29) is 5.56 Å². The van der Waals surface area contributed by atoms with Gasteiger partial charge in [0.1, 0.15) is 0 Å². The Balaban J connectivity index is 2.70. The van der Waals surface area contributed by atoms with Crippen LogP contribution in [0.1, 0.15) is 17.3 Å². The van der Waals surface area contributed by atoms with Crippen LogP contribution in [0.5, 0.6) is 0 Å². The average molecular weight is 223 g/mol. The first-order chi connectivity index (χ1) is 7.52. The fourth-order valence-corrected chi connectivity index (χ4v) is 1.16. The highest BCUT2D eigenvalue weighted by Crippen LogP contribution is 2.13. The van der Waals surface area contributed by atoms with Gasteiger partial charge in [-0.05, 0) is 27.1 Å². The van der Waals surface area contributed by atoms with Crippen LogP contribution in [0.25, 0.3) is 0 Å². The van der Waals surface area contributed by atoms with Gasteiger partial charge in [-0.2, -0.15) is 0 Å². The topological polar surface area (TPSA) is 65.5 Å². The van der Waals surface area contributed by atoms with Gasteiger partial charge in [0.25, 0.3) is 0 Å². The van der Waals surface area contributed by atoms with E-state index in [9.17, 15) is 4.79 Å². The number of aromatic carboxylic acids is 1. The average Bonchev–Trinajstić information content (AvgIpc) is 2.25. The molecule has 0 aliphatic rings. The molecule has 0 fully saturated rings. The lowest BCUT2D eigenvalue weighted by Crippen LogP contribution is -2.31. The van der Waals surface area contributed by atoms with Gasteiger partial charge in [0, 0.05) is 18.8 Å². The molecule has 0 bridgehead atoms. The van der Waals surface area contributed by atoms with Crippen molar-refractivity contribution >= 4 is 11.7 Å². The zero-order valence-electron chi connectivity index (χ0n) is 9.77. The Bertz CT molecular complexity index is 366. The first kappa shape index (κ1) is 12.4. The second-order valence-electron chi connectivity index (χ2n) is 3.92. The number of anilines is 1. The summed E-state index contributed by atoms with van der Waals surface area (Å²) in [5, 5.41) is 12.1. The smallest absolute Gasteiger partial charge is 0.337 e. The van der Waals surface area contributed by atoms with Crippen LogP contribution in [-0.2, 0) is 0 Å². The number of carboxylic acid groups (broad SMARTS) is 1. The van der Waals surface area contributed by atoms with E-state index in [1.165, 1.54) is 18.5 Å². The molecule has 0 aliphatic carbocycles. The minimum Gasteiger partial charge on any atom is -0.478 e. The van der Waals surface area contributed by atoms with Gasteiger partial charge in [0.15, 0.2) is 0 Å². The second-order valence-corrected chi connectivity index (χ2v) is 3.92. The zero-order chi connectivity index (χ0) is 12.1. The van der Waals surface area contributed by atoms with Crippen LogP contribution in [0.3, 0.4) is 0 Å². The van der Waals surface area contributed by atoms with E-state index < -0.39 is 5.97 Å². The molecule has 5 nitrogen and oxygen atoms in total. The SMILES string of the molecule is CC(CNc1cnccc1C(=O)O)N(C)C. The number of carboxylic acids is 1. The lowest BCUT2D eigenvalue weighted by Gasteiger charge is -2.20. The van der Waals surface area contributed by atoms with Gasteiger partial charge in [-0.25, -0.2) is 4.79 Å². The van der Waals surface area contributed by atoms with Crippen molar-refractivity contribution in [2.75, 3.05) is 26.0 Å². The first-order valence-electron chi connectivity index (χ1n) is 5.10. The summed E-state index contributed by atoms with van der Waals surface area (Å²) in [7, 11) is 3.96. The van der Waals surface area contributed by atoms with Crippen molar-refractivity contribution in [2.45, 2.75) is 13.0 Å². The van der Waals surface area contributed by atoms with E-state index in [1.54, 1.807) is 0 Å². The summed E-state index contributed by atoms with van der Waals surface area (Å²) < 4.78 is 0. The molecule has 0 saturated heterocycles. The van der Waals surface area contributed by atoms with Crippen LogP contribution in [-0.4, -0.2) is 47.6 Å². The van der Waals surface area contributed by atoms with Crippen LogP contribution < -0.4 is 5.32 Å². The number of pyridine rings is 1. The molecule has 5 heteroatoms. The Morgan fingerprint density at radius 2 is 2.31 bits per heavy atom. The molecule has 1 rings (SSSR count). The van der Waals surface area contributed by atoms with Crippen molar-refractivity contribution in [1.82, 2.24) is 9.88 Å². The first-order valence-corrected chi connectivity index (χ1v) is 5.10. The number of hydrogen-bond acceptors (Lipinski definition) is 4. The van der Waals surface area contributed by atoms with E-state index in [2.05, 4.69) is 22.1 Å². The number of nitrogens with one attached hydrogen (secondary N) is 1. The lowest BCUT2D eigenvalue weighted by molar-refractivity contribution is 0.0698. The number of nitrogens with zero attached hydrogens (tertiary/aromatic N) is 2. The molecule has 0 saturated carbocycles. The summed E-state index contributed by atoms with van der Waals surface area (Å²) in [6.45, 7) is 2.74. The van der Waals surface area contributed by atoms with Gasteiger partial charge in [0.2, 0.25) is 0 Å². The Morgan fingerprint density at radius 3 is 2.88 bits per heavy atom. The lowest BCUT2D eigenvalue weighted by atomic mass is 10.2. The number of rotatable bonds is 5. The van der Waals surface area contributed by atoms with Crippen molar-refractivity contribution in [3.8, 4) is 0 Å². The third kappa shape index (κ3) is 3.20. The minimum atomic E-state index is -0.942. The van der Waals surface area contributed by atoms with Gasteiger partial charge in [-0.15, -0.1) is 0 Å². The fraction of sp³-hybridized carbons (Fsp3) is 0.455. The van der Waals surface area contributed by atoms with Crippen molar-refractivity contribution in [1.29, 1.82) is 0 Å². The summed E-state index contributed by atoms with van der Waals surface area (Å²) in [4.78, 5) is 16.9. The monoisotopic (exact) mass is 223 g/mol. The summed E-state index contributed by atoms with van der Waals surface area (Å²) in [6, 6.07) is 1.81. The van der Waals surface area contributed by atoms with Crippen LogP contribution in [0.2, 0.25) is 0 Å². The van der Waals surface area contributed by atoms with E-state index in [0.29, 0.717) is 18.3 Å². The predicted octanol–water partition coefficient (Wildman–Crippen LogP) is 1.14. The van der Waals surface area contributed by atoms with Crippen molar-refractivity contribution in [3.63, 3.8) is 0 Å². The highest BCUT2D eigenvalue weighted by atomic mass is 16.4. The molecule has 16 heavy (non-hydrogen) atoms. The zero-order valence-corrected chi connectivity index (χ0v) is 9.77. The molecule has 88 valence electrons. The maximum absolute atomic E-state index is 10.9. The molecule has 0 radical (unpaired) electrons. The van der Waals surface area contributed by atoms with Crippen LogP contribution in [0, 0.1) is 0 Å². The molecule has 0 aromatic carbocycles. The quantitative estimate of drug-likeness (QED) is 0.783. The third-order valence-electron chi connectivity index (χ3n) is 2.52. The normalized spacial score (nSPS) is 12.5. The maximum atomic E-state index is 10.9. The van der Waals surface area contributed by atoms with Gasteiger partial charge in [-0.3, -0.25) is 4.98 Å². The molecule has 0 amide bonds. The summed E-state index contributed by atoms with van der Waals surface area (Å²) >= 11 is 0. The van der Waals surface area contributed by atoms with E-state index in [0.717, 1.165) is 0 Å². The standard InChI is InChI=1S/C11H17N3O2/c1-8(14(2)3)6-13-10-7-12-5-4-9(10)11(15)16/h4-5,7-8,13H,6H2,1-3H3,(H,15,16). The number of hydrogen-bond donors (Lipinski definition) is 2. The Labute approximate surface area is 95.1 Å². The summed E-state index contributed by atoms with van der Waals surface area (Å²) in [5.41, 5.74) is 0.810. The molecule has 1 unspecified atom stereocenters. The Morgan fingerprint density at radius 1 is 1.62 bits per heavy atom. The molecular formula is C11H17N3O2. The van der Waals surface area contributed by atoms with E-state index in [4.69, 9.17) is 5.11 Å². The predicted molar refractivity (Wildman–Crippen MR) is 62.8 cm³/mol. The van der Waals surface area contributed by atoms with Gasteiger partial charge < -0.3 is 15.3 Å². The van der Waals surface area contributed by atoms with Crippen molar-refractivity contribution < 1.29 is 9.90 Å². The van der Waals surface area contributed by atoms with Crippen molar-refractivity contribution in [3.05, 3.63) is 24.0 Å². The highest BCUT2D eigenvalue weighted by Gasteiger charge is 2.10. The largest absolute Gasteiger partial charge is 0.478 e. The summed E-state index contributed by atoms with van der Waals surface area (Å²) in [5.74, 6) is -0.942. The number of likely N-dealkylation sites (N-methyl/N-ethyl adjacent to an activating group) is 1. The van der Waals surface area contributed by atoms with Gasteiger partial charge >= 0.3 is 5.97 Å². The Kier molecular flexibility index (Phi) is 4.25. The minimum absolute atomic E-state index is 0.251. The van der Waals surface area contributed by atoms with Gasteiger partial charge in [0.05, 0.1) is 17.4 Å². The Hall–Kier alpha value is -1.62. The number of carbonyl (C=O) groups is 1. The van der Waals surface area contributed by atoms with Crippen LogP contribution in [0.4, 0.5) is 5.69 Å². The molecule has 1 atom stereocenters. The van der Waals surface area contributed by atoms with E-state index >= 15 is 0 Å². The van der Waals surface area contributed by atoms with E-state index in [1.807, 2.05) is 14.1 Å². The second kappa shape index (κ2) is 5.46. The molecule has 1 heterocycles. The number of aromatic nitrogens is 1. The van der Waals surface area contributed by atoms with Crippen LogP contribution >= 0.6 is 0 Å².